The molecular formula is C27H16ClF4N3O4S. The van der Waals surface area contributed by atoms with Crippen LogP contribution >= 0.6 is 23.4 Å². The number of imide groups is 1. The van der Waals surface area contributed by atoms with Gasteiger partial charge in [-0.2, -0.15) is 18.3 Å². The van der Waals surface area contributed by atoms with Gasteiger partial charge in [0, 0.05) is 16.0 Å². The number of hydrogen-bond acceptors (Lipinski definition) is 5. The van der Waals surface area contributed by atoms with Crippen molar-refractivity contribution in [1.29, 1.82) is 0 Å². The molecule has 13 heteroatoms. The fourth-order valence-corrected chi connectivity index (χ4v) is 5.27. The van der Waals surface area contributed by atoms with E-state index in [9.17, 15) is 31.9 Å². The maximum Gasteiger partial charge on any atom is 0.416 e. The summed E-state index contributed by atoms with van der Waals surface area (Å²) in [5, 5.41) is 13.2. The molecule has 204 valence electrons. The lowest BCUT2D eigenvalue weighted by molar-refractivity contribution is -0.140. The number of alkyl halides is 3. The Balaban J connectivity index is 1.61. The molecule has 1 N–H and O–H groups in total. The van der Waals surface area contributed by atoms with E-state index in [0.717, 1.165) is 6.07 Å². The summed E-state index contributed by atoms with van der Waals surface area (Å²) in [7, 11) is 0. The summed E-state index contributed by atoms with van der Waals surface area (Å²) in [5.74, 6) is -2.58. The number of aromatic nitrogens is 2. The van der Waals surface area contributed by atoms with E-state index in [2.05, 4.69) is 5.10 Å². The Morgan fingerprint density at radius 3 is 2.45 bits per heavy atom. The summed E-state index contributed by atoms with van der Waals surface area (Å²) in [4.78, 5) is 36.3. The summed E-state index contributed by atoms with van der Waals surface area (Å²) in [5.41, 5.74) is 0.795. The van der Waals surface area contributed by atoms with Crippen molar-refractivity contribution in [1.82, 2.24) is 14.7 Å². The van der Waals surface area contributed by atoms with Crippen molar-refractivity contribution < 1.29 is 37.1 Å². The van der Waals surface area contributed by atoms with Gasteiger partial charge in [0.15, 0.2) is 0 Å². The van der Waals surface area contributed by atoms with Crippen LogP contribution in [0, 0.1) is 5.82 Å². The maximum atomic E-state index is 13.7. The van der Waals surface area contributed by atoms with Crippen LogP contribution in [0.1, 0.15) is 16.7 Å². The van der Waals surface area contributed by atoms with Gasteiger partial charge in [0.2, 0.25) is 0 Å². The molecule has 0 atom stereocenters. The summed E-state index contributed by atoms with van der Waals surface area (Å²) < 4.78 is 56.2. The number of nitrogens with zero attached hydrogens (tertiary/aromatic N) is 3. The second-order valence-electron chi connectivity index (χ2n) is 8.75. The zero-order chi connectivity index (χ0) is 28.8. The lowest BCUT2D eigenvalue weighted by Gasteiger charge is -2.14. The molecule has 1 saturated heterocycles. The second kappa shape index (κ2) is 10.4. The first-order valence-electron chi connectivity index (χ1n) is 11.5. The van der Waals surface area contributed by atoms with Crippen molar-refractivity contribution in [3.63, 3.8) is 0 Å². The molecule has 0 bridgehead atoms. The molecule has 4 aromatic rings. The van der Waals surface area contributed by atoms with Crippen molar-refractivity contribution >= 4 is 57.5 Å². The van der Waals surface area contributed by atoms with Gasteiger partial charge in [-0.05, 0) is 77.5 Å². The minimum absolute atomic E-state index is 0.0114. The Morgan fingerprint density at radius 1 is 1.05 bits per heavy atom. The molecule has 40 heavy (non-hydrogen) atoms. The number of thioether (sulfide) groups is 1. The van der Waals surface area contributed by atoms with Crippen molar-refractivity contribution in [2.45, 2.75) is 12.7 Å². The van der Waals surface area contributed by atoms with E-state index in [1.165, 1.54) is 47.2 Å². The number of fused-ring (bicyclic) bond motifs is 1. The average Bonchev–Trinajstić information content (AvgIpc) is 3.36. The highest BCUT2D eigenvalue weighted by atomic mass is 35.5. The van der Waals surface area contributed by atoms with Gasteiger partial charge in [0.1, 0.15) is 18.1 Å². The first-order valence-corrected chi connectivity index (χ1v) is 12.7. The Bertz CT molecular complexity index is 1720. The van der Waals surface area contributed by atoms with Gasteiger partial charge >= 0.3 is 12.1 Å². The van der Waals surface area contributed by atoms with Gasteiger partial charge in [-0.15, -0.1) is 0 Å². The summed E-state index contributed by atoms with van der Waals surface area (Å²) >= 11 is 6.41. The van der Waals surface area contributed by atoms with Crippen LogP contribution in [0.4, 0.5) is 22.4 Å². The number of halogens is 5. The van der Waals surface area contributed by atoms with E-state index in [1.54, 1.807) is 18.2 Å². The summed E-state index contributed by atoms with van der Waals surface area (Å²) in [6.07, 6.45) is -3.24. The molecule has 1 aliphatic rings. The number of aliphatic carboxylic acids is 1. The number of carbonyl (C=O) groups is 3. The molecule has 2 heterocycles. The van der Waals surface area contributed by atoms with Gasteiger partial charge in [0.05, 0.1) is 22.5 Å². The molecule has 5 rings (SSSR count). The van der Waals surface area contributed by atoms with Gasteiger partial charge in [-0.25, -0.2) is 4.39 Å². The number of hydrogen-bond donors (Lipinski definition) is 1. The third-order valence-corrected chi connectivity index (χ3v) is 7.20. The van der Waals surface area contributed by atoms with Crippen molar-refractivity contribution in [3.05, 3.63) is 93.1 Å². The lowest BCUT2D eigenvalue weighted by Crippen LogP contribution is -2.33. The molecule has 3 aromatic carbocycles. The highest BCUT2D eigenvalue weighted by Gasteiger charge is 2.36. The molecular weight excluding hydrogens is 574 g/mol. The number of carboxylic acid groups (broad SMARTS) is 1. The average molecular weight is 590 g/mol. The van der Waals surface area contributed by atoms with Crippen LogP contribution in [0.3, 0.4) is 0 Å². The number of benzene rings is 3. The van der Waals surface area contributed by atoms with E-state index in [0.29, 0.717) is 44.4 Å². The first-order chi connectivity index (χ1) is 18.9. The molecule has 0 unspecified atom stereocenters. The smallest absolute Gasteiger partial charge is 0.416 e. The molecule has 1 aliphatic heterocycles. The van der Waals surface area contributed by atoms with Gasteiger partial charge in [-0.1, -0.05) is 23.7 Å². The second-order valence-corrected chi connectivity index (χ2v) is 10.2. The van der Waals surface area contributed by atoms with Crippen LogP contribution in [0.15, 0.2) is 65.6 Å². The zero-order valence-corrected chi connectivity index (χ0v) is 21.6. The highest BCUT2D eigenvalue weighted by Crippen LogP contribution is 2.37. The lowest BCUT2D eigenvalue weighted by atomic mass is 10.0. The topological polar surface area (TPSA) is 92.5 Å². The van der Waals surface area contributed by atoms with E-state index in [1.807, 2.05) is 0 Å². The largest absolute Gasteiger partial charge is 0.480 e. The van der Waals surface area contributed by atoms with Crippen LogP contribution in [-0.4, -0.2) is 43.4 Å². The van der Waals surface area contributed by atoms with Crippen molar-refractivity contribution in [3.8, 4) is 11.3 Å². The monoisotopic (exact) mass is 589 g/mol. The van der Waals surface area contributed by atoms with E-state index in [-0.39, 0.29) is 22.0 Å². The fraction of sp³-hybridized carbons (Fsp3) is 0.111. The molecule has 2 amide bonds. The number of carbonyl (C=O) groups excluding carboxylic acids is 2. The van der Waals surface area contributed by atoms with Crippen LogP contribution in [0.2, 0.25) is 5.02 Å². The Hall–Kier alpha value is -4.16. The molecule has 0 spiro atoms. The van der Waals surface area contributed by atoms with Crippen LogP contribution in [0.5, 0.6) is 0 Å². The molecule has 1 fully saturated rings. The first kappa shape index (κ1) is 27.4. The SMILES string of the molecule is O=C(O)CN1C(=O)SC(=Cc2ccc3c(c2)c(-c2ccc(F)cc2)nn3Cc2ccc(Cl)cc2C(F)(F)F)C1=O. The molecule has 0 saturated carbocycles. The number of carboxylic acids is 1. The summed E-state index contributed by atoms with van der Waals surface area (Å²) in [6.45, 7) is -1.02. The number of amides is 2. The Kier molecular flexibility index (Phi) is 7.15. The molecule has 0 aliphatic carbocycles. The minimum atomic E-state index is -4.65. The minimum Gasteiger partial charge on any atom is -0.480 e. The standard InChI is InChI=1S/C27H16ClF4N3O4S/c28-17-5-2-16(20(11-17)27(30,31)32)12-35-21-8-1-14(10-22-25(38)34(13-23(36)37)26(39)40-22)9-19(21)24(33-35)15-3-6-18(29)7-4-15/h1-11H,12-13H2,(H,36,37). The maximum absolute atomic E-state index is 13.7. The third kappa shape index (κ3) is 5.45. The van der Waals surface area contributed by atoms with Crippen molar-refractivity contribution in [2.75, 3.05) is 6.54 Å². The predicted octanol–water partition coefficient (Wildman–Crippen LogP) is 6.68. The van der Waals surface area contributed by atoms with Crippen LogP contribution in [0.25, 0.3) is 28.2 Å². The van der Waals surface area contributed by atoms with E-state index < -0.39 is 41.2 Å². The Labute approximate surface area is 232 Å². The molecule has 1 aromatic heterocycles. The van der Waals surface area contributed by atoms with E-state index >= 15 is 0 Å². The normalized spacial score (nSPS) is 15.0. The van der Waals surface area contributed by atoms with Gasteiger partial charge in [0.25, 0.3) is 11.1 Å². The Morgan fingerprint density at radius 2 is 1.77 bits per heavy atom. The highest BCUT2D eigenvalue weighted by molar-refractivity contribution is 8.18. The number of rotatable bonds is 6. The zero-order valence-electron chi connectivity index (χ0n) is 20.1. The van der Waals surface area contributed by atoms with Gasteiger partial charge < -0.3 is 5.11 Å². The predicted molar refractivity (Wildman–Crippen MR) is 141 cm³/mol. The summed E-state index contributed by atoms with van der Waals surface area (Å²) in [6, 6.07) is 13.7. The van der Waals surface area contributed by atoms with E-state index in [4.69, 9.17) is 16.7 Å². The molecule has 7 nitrogen and oxygen atoms in total. The van der Waals surface area contributed by atoms with Crippen molar-refractivity contribution in [2.24, 2.45) is 0 Å². The van der Waals surface area contributed by atoms with Crippen LogP contribution in [-0.2, 0) is 22.3 Å². The van der Waals surface area contributed by atoms with Gasteiger partial charge in [-0.3, -0.25) is 24.0 Å². The quantitative estimate of drug-likeness (QED) is 0.199. The van der Waals surface area contributed by atoms with Crippen LogP contribution < -0.4 is 0 Å². The fourth-order valence-electron chi connectivity index (χ4n) is 4.26. The third-order valence-electron chi connectivity index (χ3n) is 6.05. The molecule has 0 radical (unpaired) electrons.